The van der Waals surface area contributed by atoms with Crippen LogP contribution in [0, 0.1) is 0 Å². The van der Waals surface area contributed by atoms with E-state index in [1.165, 1.54) is 37.2 Å². The molecule has 0 saturated carbocycles. The van der Waals surface area contributed by atoms with Crippen molar-refractivity contribution in [1.29, 1.82) is 0 Å². The van der Waals surface area contributed by atoms with Crippen LogP contribution in [0.25, 0.3) is 0 Å². The van der Waals surface area contributed by atoms with Crippen molar-refractivity contribution >= 4 is 17.3 Å². The Hall–Kier alpha value is -0.730. The smallest absolute Gasteiger partial charge is 0.0412 e. The fraction of sp³-hybridized carbons (Fsp3) is 0.600. The molecule has 1 fully saturated rings. The van der Waals surface area contributed by atoms with Gasteiger partial charge in [0.1, 0.15) is 0 Å². The first-order chi connectivity index (χ1) is 8.46. The third kappa shape index (κ3) is 3.63. The van der Waals surface area contributed by atoms with Gasteiger partial charge in [0.05, 0.1) is 0 Å². The van der Waals surface area contributed by atoms with Gasteiger partial charge in [0.2, 0.25) is 0 Å². The molecule has 1 aliphatic rings. The Morgan fingerprint density at radius 2 is 1.89 bits per heavy atom. The molecular formula is C15H23ClN2. The molecule has 100 valence electrons. The highest BCUT2D eigenvalue weighted by Crippen LogP contribution is 2.27. The van der Waals surface area contributed by atoms with Crippen LogP contribution in [0.5, 0.6) is 0 Å². The molecule has 1 aromatic carbocycles. The van der Waals surface area contributed by atoms with Crippen molar-refractivity contribution < 1.29 is 0 Å². The Balaban J connectivity index is 2.17. The highest BCUT2D eigenvalue weighted by molar-refractivity contribution is 6.30. The van der Waals surface area contributed by atoms with Crippen molar-refractivity contribution in [3.05, 3.63) is 28.8 Å². The van der Waals surface area contributed by atoms with Crippen molar-refractivity contribution in [3.63, 3.8) is 0 Å². The number of nitrogens with one attached hydrogen (secondary N) is 1. The second kappa shape index (κ2) is 5.50. The standard InChI is InChI=1S/C15H23ClN2/c1-15(2,3)17-11-12-10-13(16)6-7-14(12)18-8-4-5-9-18/h6-7,10,17H,4-5,8-9,11H2,1-3H3. The lowest BCUT2D eigenvalue weighted by molar-refractivity contribution is 0.424. The van der Waals surface area contributed by atoms with Crippen LogP contribution in [0.3, 0.4) is 0 Å². The minimum Gasteiger partial charge on any atom is -0.371 e. The molecule has 0 aliphatic carbocycles. The minimum atomic E-state index is 0.130. The second-order valence-electron chi connectivity index (χ2n) is 6.07. The molecule has 0 spiro atoms. The molecule has 0 unspecified atom stereocenters. The number of rotatable bonds is 3. The molecule has 2 nitrogen and oxygen atoms in total. The molecule has 3 heteroatoms. The van der Waals surface area contributed by atoms with Gasteiger partial charge in [0.15, 0.2) is 0 Å². The normalized spacial score (nSPS) is 16.3. The van der Waals surface area contributed by atoms with Crippen LogP contribution < -0.4 is 10.2 Å². The fourth-order valence-corrected chi connectivity index (χ4v) is 2.52. The summed E-state index contributed by atoms with van der Waals surface area (Å²) in [5.41, 5.74) is 2.78. The molecule has 0 aromatic heterocycles. The Morgan fingerprint density at radius 1 is 1.22 bits per heavy atom. The molecule has 0 radical (unpaired) electrons. The Bertz CT molecular complexity index is 403. The fourth-order valence-electron chi connectivity index (χ4n) is 2.32. The lowest BCUT2D eigenvalue weighted by Crippen LogP contribution is -2.35. The third-order valence-corrected chi connectivity index (χ3v) is 3.53. The molecule has 1 aromatic rings. The molecule has 2 rings (SSSR count). The predicted molar refractivity (Wildman–Crippen MR) is 79.5 cm³/mol. The number of nitrogens with zero attached hydrogens (tertiary/aromatic N) is 1. The van der Waals surface area contributed by atoms with Gasteiger partial charge < -0.3 is 10.2 Å². The van der Waals surface area contributed by atoms with Crippen molar-refractivity contribution in [2.24, 2.45) is 0 Å². The molecule has 1 saturated heterocycles. The first-order valence-corrected chi connectivity index (χ1v) is 7.12. The monoisotopic (exact) mass is 266 g/mol. The van der Waals surface area contributed by atoms with Crippen molar-refractivity contribution in [3.8, 4) is 0 Å². The Kier molecular flexibility index (Phi) is 4.18. The van der Waals surface area contributed by atoms with E-state index in [4.69, 9.17) is 11.6 Å². The van der Waals surface area contributed by atoms with Crippen molar-refractivity contribution in [2.75, 3.05) is 18.0 Å². The Labute approximate surface area is 115 Å². The summed E-state index contributed by atoms with van der Waals surface area (Å²) in [5, 5.41) is 4.37. The summed E-state index contributed by atoms with van der Waals surface area (Å²) < 4.78 is 0. The number of benzene rings is 1. The zero-order valence-corrected chi connectivity index (χ0v) is 12.3. The summed E-state index contributed by atoms with van der Waals surface area (Å²) in [5.74, 6) is 0. The van der Waals surface area contributed by atoms with E-state index in [-0.39, 0.29) is 5.54 Å². The van der Waals surface area contributed by atoms with Gasteiger partial charge in [-0.1, -0.05) is 11.6 Å². The van der Waals surface area contributed by atoms with Crippen LogP contribution in [0.1, 0.15) is 39.2 Å². The van der Waals surface area contributed by atoms with Gasteiger partial charge in [-0.2, -0.15) is 0 Å². The molecule has 0 bridgehead atoms. The average Bonchev–Trinajstić information content (AvgIpc) is 2.79. The van der Waals surface area contributed by atoms with Crippen LogP contribution in [0.15, 0.2) is 18.2 Å². The minimum absolute atomic E-state index is 0.130. The first-order valence-electron chi connectivity index (χ1n) is 6.74. The molecule has 1 N–H and O–H groups in total. The van der Waals surface area contributed by atoms with Gasteiger partial charge in [-0.15, -0.1) is 0 Å². The SMILES string of the molecule is CC(C)(C)NCc1cc(Cl)ccc1N1CCCC1. The van der Waals surface area contributed by atoms with Crippen LogP contribution in [-0.4, -0.2) is 18.6 Å². The predicted octanol–water partition coefficient (Wildman–Crippen LogP) is 3.83. The maximum absolute atomic E-state index is 6.13. The van der Waals surface area contributed by atoms with E-state index in [0.717, 1.165) is 11.6 Å². The van der Waals surface area contributed by atoms with E-state index >= 15 is 0 Å². The molecular weight excluding hydrogens is 244 g/mol. The van der Waals surface area contributed by atoms with Gasteiger partial charge >= 0.3 is 0 Å². The topological polar surface area (TPSA) is 15.3 Å². The van der Waals surface area contributed by atoms with Gasteiger partial charge in [-0.3, -0.25) is 0 Å². The van der Waals surface area contributed by atoms with Crippen molar-refractivity contribution in [2.45, 2.75) is 45.7 Å². The van der Waals surface area contributed by atoms with E-state index in [2.05, 4.69) is 43.1 Å². The van der Waals surface area contributed by atoms with E-state index in [9.17, 15) is 0 Å². The van der Waals surface area contributed by atoms with Crippen LogP contribution in [-0.2, 0) is 6.54 Å². The quantitative estimate of drug-likeness (QED) is 0.895. The van der Waals surface area contributed by atoms with Crippen LogP contribution in [0.4, 0.5) is 5.69 Å². The Morgan fingerprint density at radius 3 is 2.50 bits per heavy atom. The number of hydrogen-bond donors (Lipinski definition) is 1. The summed E-state index contributed by atoms with van der Waals surface area (Å²) in [4.78, 5) is 2.47. The number of anilines is 1. The highest BCUT2D eigenvalue weighted by Gasteiger charge is 2.17. The lowest BCUT2D eigenvalue weighted by Gasteiger charge is -2.25. The summed E-state index contributed by atoms with van der Waals surface area (Å²) in [6.07, 6.45) is 2.60. The van der Waals surface area contributed by atoms with Crippen LogP contribution in [0.2, 0.25) is 5.02 Å². The van der Waals surface area contributed by atoms with Gasteiger partial charge in [-0.25, -0.2) is 0 Å². The zero-order valence-electron chi connectivity index (χ0n) is 11.6. The maximum Gasteiger partial charge on any atom is 0.0412 e. The van der Waals surface area contributed by atoms with Gasteiger partial charge in [0, 0.05) is 35.9 Å². The largest absolute Gasteiger partial charge is 0.371 e. The van der Waals surface area contributed by atoms with Gasteiger partial charge in [-0.05, 0) is 57.4 Å². The summed E-state index contributed by atoms with van der Waals surface area (Å²) in [7, 11) is 0. The highest BCUT2D eigenvalue weighted by atomic mass is 35.5. The molecule has 0 atom stereocenters. The van der Waals surface area contributed by atoms with Crippen LogP contribution >= 0.6 is 11.6 Å². The van der Waals surface area contributed by atoms with Gasteiger partial charge in [0.25, 0.3) is 0 Å². The van der Waals surface area contributed by atoms with E-state index in [1.807, 2.05) is 6.07 Å². The summed E-state index contributed by atoms with van der Waals surface area (Å²) in [6, 6.07) is 6.25. The lowest BCUT2D eigenvalue weighted by atomic mass is 10.1. The number of halogens is 1. The molecule has 1 aliphatic heterocycles. The van der Waals surface area contributed by atoms with E-state index in [1.54, 1.807) is 0 Å². The molecule has 1 heterocycles. The molecule has 18 heavy (non-hydrogen) atoms. The third-order valence-electron chi connectivity index (χ3n) is 3.30. The first kappa shape index (κ1) is 13.7. The zero-order chi connectivity index (χ0) is 13.2. The summed E-state index contributed by atoms with van der Waals surface area (Å²) in [6.45, 7) is 9.78. The maximum atomic E-state index is 6.13. The second-order valence-corrected chi connectivity index (χ2v) is 6.51. The number of hydrogen-bond acceptors (Lipinski definition) is 2. The summed E-state index contributed by atoms with van der Waals surface area (Å²) >= 11 is 6.13. The van der Waals surface area contributed by atoms with E-state index < -0.39 is 0 Å². The van der Waals surface area contributed by atoms with Crippen molar-refractivity contribution in [1.82, 2.24) is 5.32 Å². The molecule has 0 amide bonds. The average molecular weight is 267 g/mol. The van der Waals surface area contributed by atoms with E-state index in [0.29, 0.717) is 0 Å².